The molecule has 0 aliphatic carbocycles. The highest BCUT2D eigenvalue weighted by Crippen LogP contribution is 2.41. The molecule has 0 radical (unpaired) electrons. The second-order valence-corrected chi connectivity index (χ2v) is 9.46. The van der Waals surface area contributed by atoms with Crippen LogP contribution in [0, 0.1) is 20.8 Å². The van der Waals surface area contributed by atoms with Gasteiger partial charge in [0.2, 0.25) is 0 Å². The highest BCUT2D eigenvalue weighted by atomic mass is 32.2. The molecule has 1 saturated heterocycles. The number of sulfone groups is 1. The quantitative estimate of drug-likeness (QED) is 0.721. The molecular formula is C17H23N3O5S. The van der Waals surface area contributed by atoms with E-state index in [1.165, 1.54) is 0 Å². The van der Waals surface area contributed by atoms with Gasteiger partial charge in [0, 0.05) is 5.56 Å². The van der Waals surface area contributed by atoms with Crippen molar-refractivity contribution in [2.45, 2.75) is 39.7 Å². The van der Waals surface area contributed by atoms with Crippen molar-refractivity contribution < 1.29 is 22.7 Å². The van der Waals surface area contributed by atoms with E-state index in [0.29, 0.717) is 29.1 Å². The molecule has 1 fully saturated rings. The molecule has 9 heteroatoms. The fourth-order valence-electron chi connectivity index (χ4n) is 3.48. The largest absolute Gasteiger partial charge is 0.481 e. The number of carbonyl (C=O) groups excluding carboxylic acids is 2. The van der Waals surface area contributed by atoms with Gasteiger partial charge in [-0.05, 0) is 45.2 Å². The van der Waals surface area contributed by atoms with Crippen LogP contribution >= 0.6 is 0 Å². The molecule has 0 unspecified atom stereocenters. The summed E-state index contributed by atoms with van der Waals surface area (Å²) in [7, 11) is -3.12. The molecule has 8 nitrogen and oxygen atoms in total. The molecule has 2 aliphatic heterocycles. The van der Waals surface area contributed by atoms with E-state index in [1.807, 2.05) is 13.8 Å². The van der Waals surface area contributed by atoms with E-state index < -0.39 is 21.4 Å². The van der Waals surface area contributed by atoms with Crippen LogP contribution in [0.5, 0.6) is 5.75 Å². The number of rotatable bonds is 2. The number of nitrogens with one attached hydrogen (secondary N) is 3. The summed E-state index contributed by atoms with van der Waals surface area (Å²) < 4.78 is 28.9. The van der Waals surface area contributed by atoms with E-state index in [1.54, 1.807) is 13.8 Å². The Labute approximate surface area is 152 Å². The monoisotopic (exact) mass is 381 g/mol. The van der Waals surface area contributed by atoms with Gasteiger partial charge < -0.3 is 20.7 Å². The predicted octanol–water partition coefficient (Wildman–Crippen LogP) is 1.64. The molecule has 3 N–H and O–H groups in total. The number of fused-ring (bicyclic) bond motifs is 1. The lowest BCUT2D eigenvalue weighted by Crippen LogP contribution is -2.48. The molecule has 1 aromatic rings. The van der Waals surface area contributed by atoms with Crippen LogP contribution < -0.4 is 20.7 Å². The summed E-state index contributed by atoms with van der Waals surface area (Å²) in [5.74, 6) is 0.365. The third-order valence-electron chi connectivity index (χ3n) is 5.02. The Balaban J connectivity index is 1.86. The molecule has 26 heavy (non-hydrogen) atoms. The number of benzene rings is 1. The second-order valence-electron chi connectivity index (χ2n) is 7.27. The zero-order chi connectivity index (χ0) is 19.3. The van der Waals surface area contributed by atoms with Crippen LogP contribution in [0.3, 0.4) is 0 Å². The van der Waals surface area contributed by atoms with Gasteiger partial charge in [0.05, 0.1) is 28.4 Å². The number of hydrogen-bond acceptors (Lipinski definition) is 5. The summed E-state index contributed by atoms with van der Waals surface area (Å²) in [6, 6.07) is -0.474. The van der Waals surface area contributed by atoms with E-state index in [4.69, 9.17) is 4.74 Å². The normalized spacial score (nSPS) is 23.6. The van der Waals surface area contributed by atoms with Crippen molar-refractivity contribution in [1.29, 1.82) is 0 Å². The molecule has 1 atom stereocenters. The first kappa shape index (κ1) is 18.5. The zero-order valence-corrected chi connectivity index (χ0v) is 16.1. The van der Waals surface area contributed by atoms with Gasteiger partial charge in [0.1, 0.15) is 5.75 Å². The van der Waals surface area contributed by atoms with Crippen LogP contribution in [0.15, 0.2) is 0 Å². The molecule has 0 spiro atoms. The van der Waals surface area contributed by atoms with Crippen LogP contribution in [-0.4, -0.2) is 44.0 Å². The van der Waals surface area contributed by atoms with E-state index in [9.17, 15) is 18.0 Å². The first-order chi connectivity index (χ1) is 12.0. The van der Waals surface area contributed by atoms with Gasteiger partial charge in [0.25, 0.3) is 5.91 Å². The highest BCUT2D eigenvalue weighted by Gasteiger charge is 2.39. The Hall–Kier alpha value is -2.29. The fraction of sp³-hybridized carbons (Fsp3) is 0.529. The van der Waals surface area contributed by atoms with E-state index in [2.05, 4.69) is 16.0 Å². The summed E-state index contributed by atoms with van der Waals surface area (Å²) in [5.41, 5.74) is 2.69. The van der Waals surface area contributed by atoms with Crippen LogP contribution in [0.1, 0.15) is 30.0 Å². The van der Waals surface area contributed by atoms with E-state index in [0.717, 1.165) is 11.1 Å². The Morgan fingerprint density at radius 2 is 1.88 bits per heavy atom. The summed E-state index contributed by atoms with van der Waals surface area (Å²) in [6.45, 7) is 7.20. The molecule has 3 rings (SSSR count). The lowest BCUT2D eigenvalue weighted by atomic mass is 9.99. The van der Waals surface area contributed by atoms with Crippen LogP contribution in [0.4, 0.5) is 16.2 Å². The highest BCUT2D eigenvalue weighted by molar-refractivity contribution is 7.91. The standard InChI is InChI=1S/C17H23N3O5S/c1-9-10(2)15-14(18-12(21)7-25-15)11(3)13(9)19-16(22)20-17(4)5-6-26(23,24)8-17/h5-8H2,1-4H3,(H,18,21)(H2,19,20,22)/t17-/m0/s1. The van der Waals surface area contributed by atoms with Gasteiger partial charge in [0.15, 0.2) is 16.4 Å². The third-order valence-corrected chi connectivity index (χ3v) is 6.93. The number of urea groups is 1. The molecule has 2 aliphatic rings. The number of hydrogen-bond donors (Lipinski definition) is 3. The summed E-state index contributed by atoms with van der Waals surface area (Å²) in [6.07, 6.45) is 0.383. The Morgan fingerprint density at radius 3 is 2.50 bits per heavy atom. The second kappa shape index (κ2) is 6.15. The average molecular weight is 381 g/mol. The van der Waals surface area contributed by atoms with Crippen molar-refractivity contribution in [3.63, 3.8) is 0 Å². The van der Waals surface area contributed by atoms with Gasteiger partial charge in [-0.3, -0.25) is 4.79 Å². The number of ether oxygens (including phenoxy) is 1. The van der Waals surface area contributed by atoms with E-state index in [-0.39, 0.29) is 24.0 Å². The molecule has 142 valence electrons. The summed E-state index contributed by atoms with van der Waals surface area (Å²) in [4.78, 5) is 24.1. The Kier molecular flexibility index (Phi) is 4.38. The zero-order valence-electron chi connectivity index (χ0n) is 15.3. The third kappa shape index (κ3) is 3.35. The lowest BCUT2D eigenvalue weighted by molar-refractivity contribution is -0.118. The maximum absolute atomic E-state index is 12.5. The molecular weight excluding hydrogens is 358 g/mol. The summed E-state index contributed by atoms with van der Waals surface area (Å²) >= 11 is 0. The Bertz CT molecular complexity index is 910. The van der Waals surface area contributed by atoms with Crippen molar-refractivity contribution in [3.05, 3.63) is 16.7 Å². The van der Waals surface area contributed by atoms with Crippen molar-refractivity contribution in [2.75, 3.05) is 28.7 Å². The molecule has 0 saturated carbocycles. The van der Waals surface area contributed by atoms with Gasteiger partial charge >= 0.3 is 6.03 Å². The number of anilines is 2. The van der Waals surface area contributed by atoms with Gasteiger partial charge in [-0.25, -0.2) is 13.2 Å². The number of carbonyl (C=O) groups is 2. The van der Waals surface area contributed by atoms with Crippen LogP contribution in [-0.2, 0) is 14.6 Å². The maximum Gasteiger partial charge on any atom is 0.319 e. The lowest BCUT2D eigenvalue weighted by Gasteiger charge is -2.28. The minimum Gasteiger partial charge on any atom is -0.481 e. The van der Waals surface area contributed by atoms with Crippen molar-refractivity contribution in [1.82, 2.24) is 5.32 Å². The van der Waals surface area contributed by atoms with Gasteiger partial charge in [-0.2, -0.15) is 0 Å². The molecule has 0 aromatic heterocycles. The molecule has 0 bridgehead atoms. The smallest absolute Gasteiger partial charge is 0.319 e. The van der Waals surface area contributed by atoms with Crippen molar-refractivity contribution in [3.8, 4) is 5.75 Å². The molecule has 1 aromatic carbocycles. The predicted molar refractivity (Wildman–Crippen MR) is 98.6 cm³/mol. The molecule has 3 amide bonds. The first-order valence-electron chi connectivity index (χ1n) is 8.37. The average Bonchev–Trinajstić information content (AvgIpc) is 2.82. The number of amides is 3. The minimum absolute atomic E-state index is 0.0349. The van der Waals surface area contributed by atoms with Gasteiger partial charge in [-0.1, -0.05) is 0 Å². The van der Waals surface area contributed by atoms with Crippen molar-refractivity contribution >= 4 is 33.2 Å². The Morgan fingerprint density at radius 1 is 1.19 bits per heavy atom. The minimum atomic E-state index is -3.12. The topological polar surface area (TPSA) is 114 Å². The van der Waals surface area contributed by atoms with E-state index >= 15 is 0 Å². The van der Waals surface area contributed by atoms with Crippen LogP contribution in [0.2, 0.25) is 0 Å². The van der Waals surface area contributed by atoms with Crippen LogP contribution in [0.25, 0.3) is 0 Å². The maximum atomic E-state index is 12.5. The first-order valence-corrected chi connectivity index (χ1v) is 10.2. The summed E-state index contributed by atoms with van der Waals surface area (Å²) in [5, 5.41) is 8.37. The fourth-order valence-corrected chi connectivity index (χ4v) is 5.57. The SMILES string of the molecule is Cc1c(C)c2c(c(C)c1NC(=O)N[C@@]1(C)CCS(=O)(=O)C1)NC(=O)CO2. The van der Waals surface area contributed by atoms with Crippen molar-refractivity contribution in [2.24, 2.45) is 0 Å². The van der Waals surface area contributed by atoms with Gasteiger partial charge in [-0.15, -0.1) is 0 Å². The molecule has 2 heterocycles.